The van der Waals surface area contributed by atoms with Gasteiger partial charge in [-0.1, -0.05) is 78.9 Å². The number of aryl methyl sites for hydroxylation is 2. The van der Waals surface area contributed by atoms with Gasteiger partial charge in [0.1, 0.15) is 11.6 Å². The van der Waals surface area contributed by atoms with E-state index in [0.717, 1.165) is 43.9 Å². The Labute approximate surface area is 287 Å². The molecule has 0 amide bonds. The minimum atomic E-state index is -0.284. The number of halogens is 2. The predicted molar refractivity (Wildman–Crippen MR) is 196 cm³/mol. The van der Waals surface area contributed by atoms with E-state index in [0.29, 0.717) is 35.6 Å². The average molecular weight is 671 g/mol. The number of hydrogen-bond acceptors (Lipinski definition) is 6. The lowest BCUT2D eigenvalue weighted by Crippen LogP contribution is -2.18. The Bertz CT molecular complexity index is 2170. The van der Waals surface area contributed by atoms with E-state index < -0.39 is 0 Å². The van der Waals surface area contributed by atoms with E-state index in [1.165, 1.54) is 34.8 Å². The van der Waals surface area contributed by atoms with Gasteiger partial charge in [0.15, 0.2) is 10.3 Å². The highest BCUT2D eigenvalue weighted by atomic mass is 32.1. The molecule has 0 spiro atoms. The zero-order chi connectivity index (χ0) is 33.0. The first-order valence-corrected chi connectivity index (χ1v) is 17.3. The maximum absolute atomic E-state index is 14.6. The highest BCUT2D eigenvalue weighted by molar-refractivity contribution is 7.14. The Morgan fingerprint density at radius 1 is 0.562 bits per heavy atom. The summed E-state index contributed by atoms with van der Waals surface area (Å²) in [6, 6.07) is 38.6. The second-order valence-corrected chi connectivity index (χ2v) is 13.3. The zero-order valence-electron chi connectivity index (χ0n) is 26.5. The molecule has 48 heavy (non-hydrogen) atoms. The van der Waals surface area contributed by atoms with Crippen molar-refractivity contribution in [2.75, 3.05) is 9.80 Å². The van der Waals surface area contributed by atoms with Crippen LogP contribution in [0.1, 0.15) is 22.3 Å². The van der Waals surface area contributed by atoms with Crippen LogP contribution in [0.15, 0.2) is 132 Å². The topological polar surface area (TPSA) is 32.3 Å². The lowest BCUT2D eigenvalue weighted by Gasteiger charge is -2.25. The standard InChI is InChI=1S/C40H32F2N4S2/c1-27-10-9-12-31(22-27)45(39-43-36(25-47-39)32-13-4-6-15-34(32)41)23-29-18-20-30(21-19-29)24-46(38-17-8-3-11-28(38)2)40-44-37(26-48-40)33-14-5-7-16-35(33)42/h3-22,25-26H,23-24H2,1-2H3. The van der Waals surface area contributed by atoms with Gasteiger partial charge in [-0.25, -0.2) is 18.7 Å². The number of para-hydroxylation sites is 1. The van der Waals surface area contributed by atoms with Crippen molar-refractivity contribution in [2.24, 2.45) is 0 Å². The smallest absolute Gasteiger partial charge is 0.190 e. The van der Waals surface area contributed by atoms with Gasteiger partial charge in [0, 0.05) is 33.3 Å². The summed E-state index contributed by atoms with van der Waals surface area (Å²) >= 11 is 3.01. The van der Waals surface area contributed by atoms with Crippen molar-refractivity contribution in [2.45, 2.75) is 26.9 Å². The molecule has 238 valence electrons. The van der Waals surface area contributed by atoms with Crippen LogP contribution in [0, 0.1) is 25.5 Å². The molecule has 2 heterocycles. The second-order valence-electron chi connectivity index (χ2n) is 11.6. The number of aromatic nitrogens is 2. The molecule has 0 unspecified atom stereocenters. The molecule has 2 aromatic heterocycles. The lowest BCUT2D eigenvalue weighted by atomic mass is 10.1. The third-order valence-electron chi connectivity index (χ3n) is 8.17. The molecule has 0 saturated heterocycles. The van der Waals surface area contributed by atoms with E-state index in [2.05, 4.69) is 78.2 Å². The maximum atomic E-state index is 14.6. The van der Waals surface area contributed by atoms with Gasteiger partial charge in [-0.3, -0.25) is 0 Å². The first kappa shape index (κ1) is 31.4. The summed E-state index contributed by atoms with van der Waals surface area (Å²) in [6.07, 6.45) is 0. The molecular weight excluding hydrogens is 639 g/mol. The van der Waals surface area contributed by atoms with Crippen LogP contribution in [-0.4, -0.2) is 9.97 Å². The molecule has 7 aromatic rings. The summed E-state index contributed by atoms with van der Waals surface area (Å²) in [5.41, 5.74) is 8.81. The Morgan fingerprint density at radius 2 is 1.08 bits per heavy atom. The van der Waals surface area contributed by atoms with Gasteiger partial charge in [0.2, 0.25) is 0 Å². The molecule has 0 bridgehead atoms. The summed E-state index contributed by atoms with van der Waals surface area (Å²) < 4.78 is 29.2. The van der Waals surface area contributed by atoms with Gasteiger partial charge in [-0.15, -0.1) is 22.7 Å². The van der Waals surface area contributed by atoms with Crippen molar-refractivity contribution in [3.05, 3.63) is 166 Å². The lowest BCUT2D eigenvalue weighted by molar-refractivity contribution is 0.630. The molecule has 5 aromatic carbocycles. The molecule has 0 radical (unpaired) electrons. The summed E-state index contributed by atoms with van der Waals surface area (Å²) in [7, 11) is 0. The summed E-state index contributed by atoms with van der Waals surface area (Å²) in [6.45, 7) is 5.35. The van der Waals surface area contributed by atoms with Gasteiger partial charge in [0.25, 0.3) is 0 Å². The Kier molecular flexibility index (Phi) is 9.09. The minimum Gasteiger partial charge on any atom is -0.313 e. The SMILES string of the molecule is Cc1cccc(N(Cc2ccc(CN(c3nc(-c4ccccc4F)cs3)c3ccccc3C)cc2)c2nc(-c3ccccc3F)cs2)c1. The first-order valence-electron chi connectivity index (χ1n) is 15.6. The quantitative estimate of drug-likeness (QED) is 0.145. The second kappa shape index (κ2) is 13.9. The third kappa shape index (κ3) is 6.76. The van der Waals surface area contributed by atoms with E-state index in [4.69, 9.17) is 9.97 Å². The van der Waals surface area contributed by atoms with E-state index in [1.807, 2.05) is 41.1 Å². The number of thiazole rings is 2. The molecule has 0 fully saturated rings. The van der Waals surface area contributed by atoms with Gasteiger partial charge in [-0.2, -0.15) is 0 Å². The summed E-state index contributed by atoms with van der Waals surface area (Å²) in [5.74, 6) is -0.568. The number of rotatable bonds is 10. The van der Waals surface area contributed by atoms with Crippen LogP contribution < -0.4 is 9.80 Å². The van der Waals surface area contributed by atoms with Crippen LogP contribution in [0.3, 0.4) is 0 Å². The number of anilines is 4. The maximum Gasteiger partial charge on any atom is 0.190 e. The van der Waals surface area contributed by atoms with E-state index >= 15 is 0 Å². The zero-order valence-corrected chi connectivity index (χ0v) is 28.1. The van der Waals surface area contributed by atoms with Crippen molar-refractivity contribution in [3.8, 4) is 22.5 Å². The van der Waals surface area contributed by atoms with Crippen LogP contribution in [0.2, 0.25) is 0 Å². The summed E-state index contributed by atoms with van der Waals surface area (Å²) in [4.78, 5) is 14.1. The number of hydrogen-bond donors (Lipinski definition) is 0. The molecule has 0 aliphatic carbocycles. The third-order valence-corrected chi connectivity index (χ3v) is 9.90. The van der Waals surface area contributed by atoms with Gasteiger partial charge in [-0.05, 0) is 78.6 Å². The normalized spacial score (nSPS) is 11.1. The molecule has 7 rings (SSSR count). The van der Waals surface area contributed by atoms with Crippen LogP contribution in [0.4, 0.5) is 30.4 Å². The molecule has 8 heteroatoms. The van der Waals surface area contributed by atoms with Crippen LogP contribution in [-0.2, 0) is 13.1 Å². The van der Waals surface area contributed by atoms with E-state index in [-0.39, 0.29) is 11.6 Å². The van der Waals surface area contributed by atoms with Crippen LogP contribution in [0.5, 0.6) is 0 Å². The fourth-order valence-corrected chi connectivity index (χ4v) is 7.35. The minimum absolute atomic E-state index is 0.284. The van der Waals surface area contributed by atoms with E-state index in [1.54, 1.807) is 24.3 Å². The van der Waals surface area contributed by atoms with Crippen molar-refractivity contribution in [3.63, 3.8) is 0 Å². The average Bonchev–Trinajstić information content (AvgIpc) is 3.79. The number of benzene rings is 5. The Balaban J connectivity index is 1.17. The fourth-order valence-electron chi connectivity index (χ4n) is 5.66. The van der Waals surface area contributed by atoms with E-state index in [9.17, 15) is 8.78 Å². The largest absolute Gasteiger partial charge is 0.313 e. The highest BCUT2D eigenvalue weighted by Crippen LogP contribution is 2.37. The van der Waals surface area contributed by atoms with Crippen molar-refractivity contribution in [1.82, 2.24) is 9.97 Å². The molecule has 0 aliphatic rings. The molecule has 4 nitrogen and oxygen atoms in total. The molecule has 0 N–H and O–H groups in total. The van der Waals surface area contributed by atoms with Gasteiger partial charge < -0.3 is 9.80 Å². The monoisotopic (exact) mass is 670 g/mol. The Hall–Kier alpha value is -5.18. The molecule has 0 atom stereocenters. The van der Waals surface area contributed by atoms with Crippen molar-refractivity contribution < 1.29 is 8.78 Å². The first-order chi connectivity index (χ1) is 23.4. The van der Waals surface area contributed by atoms with Crippen LogP contribution in [0.25, 0.3) is 22.5 Å². The highest BCUT2D eigenvalue weighted by Gasteiger charge is 2.20. The van der Waals surface area contributed by atoms with Crippen LogP contribution >= 0.6 is 22.7 Å². The fraction of sp³-hybridized carbons (Fsp3) is 0.100. The molecular formula is C40H32F2N4S2. The molecule has 0 aliphatic heterocycles. The van der Waals surface area contributed by atoms with Gasteiger partial charge >= 0.3 is 0 Å². The Morgan fingerprint density at radius 3 is 1.65 bits per heavy atom. The molecule has 0 saturated carbocycles. The number of nitrogens with zero attached hydrogens (tertiary/aromatic N) is 4. The van der Waals surface area contributed by atoms with Gasteiger partial charge in [0.05, 0.1) is 24.5 Å². The summed E-state index contributed by atoms with van der Waals surface area (Å²) in [5, 5.41) is 5.42. The van der Waals surface area contributed by atoms with Crippen molar-refractivity contribution in [1.29, 1.82) is 0 Å². The predicted octanol–water partition coefficient (Wildman–Crippen LogP) is 11.5. The van der Waals surface area contributed by atoms with Crippen molar-refractivity contribution >= 4 is 44.3 Å².